The number of ketones is 1. The first-order valence-electron chi connectivity index (χ1n) is 4.46. The van der Waals surface area contributed by atoms with Crippen molar-refractivity contribution in [1.29, 1.82) is 0 Å². The number of carbonyl (C=O) groups excluding carboxylic acids is 2. The summed E-state index contributed by atoms with van der Waals surface area (Å²) >= 11 is 0. The van der Waals surface area contributed by atoms with Crippen LogP contribution in [0, 0.1) is 11.3 Å². The van der Waals surface area contributed by atoms with Crippen molar-refractivity contribution in [2.24, 2.45) is 11.3 Å². The number of ether oxygens (including phenoxy) is 1. The molecule has 3 heteroatoms. The summed E-state index contributed by atoms with van der Waals surface area (Å²) in [6.07, 6.45) is 0.503. The minimum atomic E-state index is -0.606. The summed E-state index contributed by atoms with van der Waals surface area (Å²) in [6.45, 7) is 7.23. The van der Waals surface area contributed by atoms with Crippen molar-refractivity contribution in [1.82, 2.24) is 0 Å². The van der Waals surface area contributed by atoms with Gasteiger partial charge in [-0.15, -0.1) is 0 Å². The first kappa shape index (κ1) is 12.1. The number of hydrogen-bond donors (Lipinski definition) is 0. The van der Waals surface area contributed by atoms with Crippen molar-refractivity contribution in [2.75, 3.05) is 7.11 Å². The van der Waals surface area contributed by atoms with Gasteiger partial charge in [0, 0.05) is 5.41 Å². The number of hydrogen-bond acceptors (Lipinski definition) is 3. The quantitative estimate of drug-likeness (QED) is 0.498. The van der Waals surface area contributed by atoms with Crippen LogP contribution in [-0.4, -0.2) is 18.9 Å². The first-order chi connectivity index (χ1) is 5.84. The zero-order valence-electron chi connectivity index (χ0n) is 9.01. The monoisotopic (exact) mass is 186 g/mol. The van der Waals surface area contributed by atoms with Crippen LogP contribution in [0.15, 0.2) is 0 Å². The Morgan fingerprint density at radius 2 is 1.77 bits per heavy atom. The highest BCUT2D eigenvalue weighted by atomic mass is 16.5. The third-order valence-electron chi connectivity index (χ3n) is 1.95. The third-order valence-corrected chi connectivity index (χ3v) is 1.95. The fourth-order valence-electron chi connectivity index (χ4n) is 1.12. The molecule has 0 saturated carbocycles. The molecule has 0 amide bonds. The molecule has 3 nitrogen and oxygen atoms in total. The van der Waals surface area contributed by atoms with Gasteiger partial charge in [-0.1, -0.05) is 27.7 Å². The van der Waals surface area contributed by atoms with Crippen molar-refractivity contribution in [3.05, 3.63) is 0 Å². The van der Waals surface area contributed by atoms with E-state index in [2.05, 4.69) is 4.74 Å². The van der Waals surface area contributed by atoms with Crippen molar-refractivity contribution < 1.29 is 14.3 Å². The highest BCUT2D eigenvalue weighted by Crippen LogP contribution is 2.22. The normalized spacial score (nSPS) is 13.6. The molecule has 1 atom stereocenters. The van der Waals surface area contributed by atoms with Crippen LogP contribution in [0.1, 0.15) is 34.1 Å². The Hall–Kier alpha value is -0.860. The summed E-state index contributed by atoms with van der Waals surface area (Å²) in [4.78, 5) is 22.9. The smallest absolute Gasteiger partial charge is 0.316 e. The summed E-state index contributed by atoms with van der Waals surface area (Å²) in [5.41, 5.74) is -0.477. The SMILES string of the molecule is CCC(C(=O)OC)C(=O)C(C)(C)C. The van der Waals surface area contributed by atoms with Crippen LogP contribution < -0.4 is 0 Å². The van der Waals surface area contributed by atoms with Crippen molar-refractivity contribution >= 4 is 11.8 Å². The molecule has 0 aromatic carbocycles. The molecular formula is C10H18O3. The molecule has 0 fully saturated rings. The Morgan fingerprint density at radius 3 is 2.00 bits per heavy atom. The molecule has 0 spiro atoms. The summed E-state index contributed by atoms with van der Waals surface area (Å²) in [6, 6.07) is 0. The lowest BCUT2D eigenvalue weighted by Gasteiger charge is -2.21. The first-order valence-corrected chi connectivity index (χ1v) is 4.46. The molecule has 0 heterocycles. The van der Waals surface area contributed by atoms with Gasteiger partial charge in [0.15, 0.2) is 5.78 Å². The lowest BCUT2D eigenvalue weighted by Crippen LogP contribution is -2.33. The van der Waals surface area contributed by atoms with Crippen LogP contribution in [-0.2, 0) is 14.3 Å². The standard InChI is InChI=1S/C10H18O3/c1-6-7(9(12)13-5)8(11)10(2,3)4/h7H,6H2,1-5H3. The van der Waals surface area contributed by atoms with Crippen LogP contribution in [0.5, 0.6) is 0 Å². The lowest BCUT2D eigenvalue weighted by molar-refractivity contribution is -0.151. The van der Waals surface area contributed by atoms with Gasteiger partial charge < -0.3 is 4.74 Å². The molecule has 0 bridgehead atoms. The molecule has 13 heavy (non-hydrogen) atoms. The maximum absolute atomic E-state index is 11.7. The Balaban J connectivity index is 4.60. The van der Waals surface area contributed by atoms with E-state index in [1.807, 2.05) is 6.92 Å². The van der Waals surface area contributed by atoms with Crippen LogP contribution in [0.25, 0.3) is 0 Å². The van der Waals surface area contributed by atoms with E-state index in [-0.39, 0.29) is 5.78 Å². The minimum Gasteiger partial charge on any atom is -0.468 e. The number of Topliss-reactive ketones (excluding diaryl/α,β-unsaturated/α-hetero) is 1. The van der Waals surface area contributed by atoms with E-state index in [1.54, 1.807) is 20.8 Å². The summed E-state index contributed by atoms with van der Waals surface area (Å²) in [7, 11) is 1.31. The number of rotatable bonds is 3. The van der Waals surface area contributed by atoms with Gasteiger partial charge in [0.05, 0.1) is 7.11 Å². The van der Waals surface area contributed by atoms with Crippen molar-refractivity contribution in [3.63, 3.8) is 0 Å². The van der Waals surface area contributed by atoms with Crippen LogP contribution in [0.3, 0.4) is 0 Å². The summed E-state index contributed by atoms with van der Waals surface area (Å²) < 4.78 is 4.56. The molecule has 0 saturated heterocycles. The molecule has 0 aromatic rings. The fraction of sp³-hybridized carbons (Fsp3) is 0.800. The largest absolute Gasteiger partial charge is 0.468 e. The Labute approximate surface area is 79.5 Å². The zero-order chi connectivity index (χ0) is 10.6. The number of carbonyl (C=O) groups is 2. The van der Waals surface area contributed by atoms with Gasteiger partial charge in [-0.3, -0.25) is 9.59 Å². The predicted octanol–water partition coefficient (Wildman–Crippen LogP) is 1.80. The molecule has 0 rings (SSSR count). The van der Waals surface area contributed by atoms with Crippen molar-refractivity contribution in [3.8, 4) is 0 Å². The maximum Gasteiger partial charge on any atom is 0.316 e. The highest BCUT2D eigenvalue weighted by Gasteiger charge is 2.33. The average Bonchev–Trinajstić information content (AvgIpc) is 2.03. The van der Waals surface area contributed by atoms with Gasteiger partial charge in [-0.05, 0) is 6.42 Å². The van der Waals surface area contributed by atoms with Gasteiger partial charge in [0.2, 0.25) is 0 Å². The Morgan fingerprint density at radius 1 is 1.31 bits per heavy atom. The molecule has 0 N–H and O–H groups in total. The minimum absolute atomic E-state index is 0.0538. The number of esters is 1. The van der Waals surface area contributed by atoms with E-state index in [0.717, 1.165) is 0 Å². The second kappa shape index (κ2) is 4.40. The van der Waals surface area contributed by atoms with Gasteiger partial charge in [0.1, 0.15) is 5.92 Å². The zero-order valence-corrected chi connectivity index (χ0v) is 9.01. The molecule has 1 unspecified atom stereocenters. The Bertz CT molecular complexity index is 201. The second-order valence-electron chi connectivity index (χ2n) is 4.10. The lowest BCUT2D eigenvalue weighted by atomic mass is 9.82. The fourth-order valence-corrected chi connectivity index (χ4v) is 1.12. The average molecular weight is 186 g/mol. The maximum atomic E-state index is 11.7. The highest BCUT2D eigenvalue weighted by molar-refractivity contribution is 6.01. The van der Waals surface area contributed by atoms with Crippen LogP contribution >= 0.6 is 0 Å². The van der Waals surface area contributed by atoms with E-state index in [9.17, 15) is 9.59 Å². The van der Waals surface area contributed by atoms with E-state index >= 15 is 0 Å². The summed E-state index contributed by atoms with van der Waals surface area (Å²) in [5.74, 6) is -1.09. The molecule has 0 aliphatic rings. The predicted molar refractivity (Wildman–Crippen MR) is 50.3 cm³/mol. The molecule has 0 radical (unpaired) electrons. The molecule has 76 valence electrons. The van der Waals surface area contributed by atoms with E-state index in [0.29, 0.717) is 6.42 Å². The van der Waals surface area contributed by atoms with Gasteiger partial charge >= 0.3 is 5.97 Å². The van der Waals surface area contributed by atoms with Crippen LogP contribution in [0.4, 0.5) is 0 Å². The molecule has 0 aromatic heterocycles. The molecular weight excluding hydrogens is 168 g/mol. The second-order valence-corrected chi connectivity index (χ2v) is 4.10. The van der Waals surface area contributed by atoms with E-state index < -0.39 is 17.3 Å². The summed E-state index contributed by atoms with van der Waals surface area (Å²) in [5, 5.41) is 0. The van der Waals surface area contributed by atoms with E-state index in [1.165, 1.54) is 7.11 Å². The third kappa shape index (κ3) is 3.17. The van der Waals surface area contributed by atoms with Crippen molar-refractivity contribution in [2.45, 2.75) is 34.1 Å². The molecule has 0 aliphatic carbocycles. The molecule has 0 aliphatic heterocycles. The van der Waals surface area contributed by atoms with Gasteiger partial charge in [-0.2, -0.15) is 0 Å². The number of methoxy groups -OCH3 is 1. The van der Waals surface area contributed by atoms with E-state index in [4.69, 9.17) is 0 Å². The van der Waals surface area contributed by atoms with Crippen LogP contribution in [0.2, 0.25) is 0 Å². The van der Waals surface area contributed by atoms with Gasteiger partial charge in [0.25, 0.3) is 0 Å². The topological polar surface area (TPSA) is 43.4 Å². The van der Waals surface area contributed by atoms with Gasteiger partial charge in [-0.25, -0.2) is 0 Å². The Kier molecular flexibility index (Phi) is 4.11.